The summed E-state index contributed by atoms with van der Waals surface area (Å²) in [6.45, 7) is 10.3. The molecular weight excluding hydrogens is 212 g/mol. The maximum atomic E-state index is 5.12. The highest BCUT2D eigenvalue weighted by Gasteiger charge is 2.24. The predicted octanol–water partition coefficient (Wildman–Crippen LogP) is 2.12. The minimum atomic E-state index is 0.560. The molecule has 0 atom stereocenters. The van der Waals surface area contributed by atoms with Gasteiger partial charge in [-0.1, -0.05) is 0 Å². The monoisotopic (exact) mass is 228 g/mol. The Hall–Kier alpha value is -0.480. The minimum absolute atomic E-state index is 0.560. The highest BCUT2D eigenvalue weighted by Crippen LogP contribution is 2.32. The fourth-order valence-corrected chi connectivity index (χ4v) is 2.29. The quantitative estimate of drug-likeness (QED) is 0.668. The average Bonchev–Trinajstić information content (AvgIpc) is 2.39. The smallest absolute Gasteiger partial charge is 0.0663 e. The van der Waals surface area contributed by atoms with E-state index in [1.165, 1.54) is 11.4 Å². The molecule has 0 radical (unpaired) electrons. The van der Waals surface area contributed by atoms with Gasteiger partial charge in [0, 0.05) is 24.5 Å². The van der Waals surface area contributed by atoms with Crippen LogP contribution in [0.2, 0.25) is 0 Å². The fraction of sp³-hybridized carbons (Fsp3) is 0.600. The molecule has 14 heavy (non-hydrogen) atoms. The lowest BCUT2D eigenvalue weighted by Gasteiger charge is -2.35. The Labute approximate surface area is 97.5 Å². The molecule has 0 spiro atoms. The van der Waals surface area contributed by atoms with E-state index < -0.39 is 0 Å². The number of allylic oxidation sites excluding steroid dienone is 2. The molecular formula is C10H16N2S2-2. The second-order valence-corrected chi connectivity index (χ2v) is 4.35. The molecule has 1 aliphatic rings. The van der Waals surface area contributed by atoms with Crippen LogP contribution in [0.1, 0.15) is 27.7 Å². The number of hydrogen-bond acceptors (Lipinski definition) is 4. The summed E-state index contributed by atoms with van der Waals surface area (Å²) in [5, 5.41) is 0. The standard InChI is InChI=1S/C10H18N2S2/c1-5-11-7(3)8(4)12(6-2)9(11)10(13)14/h13-14H,5-6H2,1-4H3/p-2. The Kier molecular flexibility index (Phi) is 3.61. The second-order valence-electron chi connectivity index (χ2n) is 3.27. The molecule has 1 rings (SSSR count). The van der Waals surface area contributed by atoms with Gasteiger partial charge in [0.15, 0.2) is 0 Å². The SMILES string of the molecule is CCN1C(C)=C(C)N(CC)C1=C([S-])[S-]. The molecule has 80 valence electrons. The molecule has 0 aromatic heterocycles. The van der Waals surface area contributed by atoms with Crippen molar-refractivity contribution < 1.29 is 0 Å². The first-order valence-electron chi connectivity index (χ1n) is 4.85. The summed E-state index contributed by atoms with van der Waals surface area (Å²) in [6, 6.07) is 0. The van der Waals surface area contributed by atoms with E-state index in [2.05, 4.69) is 37.5 Å². The van der Waals surface area contributed by atoms with Crippen LogP contribution in [0, 0.1) is 0 Å². The van der Waals surface area contributed by atoms with E-state index in [1.54, 1.807) is 0 Å². The fourth-order valence-electron chi connectivity index (χ4n) is 1.85. The summed E-state index contributed by atoms with van der Waals surface area (Å²) in [5.74, 6) is 1.01. The Balaban J connectivity index is 3.16. The largest absolute Gasteiger partial charge is 0.804 e. The normalized spacial score (nSPS) is 17.0. The van der Waals surface area contributed by atoms with Gasteiger partial charge in [-0.05, 0) is 27.7 Å². The van der Waals surface area contributed by atoms with Gasteiger partial charge in [-0.15, -0.1) is 0 Å². The van der Waals surface area contributed by atoms with Crippen molar-refractivity contribution in [3.05, 3.63) is 21.5 Å². The van der Waals surface area contributed by atoms with Gasteiger partial charge in [-0.3, -0.25) is 4.24 Å². The van der Waals surface area contributed by atoms with Gasteiger partial charge >= 0.3 is 0 Å². The van der Waals surface area contributed by atoms with Gasteiger partial charge in [0.2, 0.25) is 0 Å². The van der Waals surface area contributed by atoms with E-state index >= 15 is 0 Å². The Bertz CT molecular complexity index is 268. The number of hydrogen-bond donors (Lipinski definition) is 0. The van der Waals surface area contributed by atoms with Crippen molar-refractivity contribution in [2.24, 2.45) is 0 Å². The molecule has 0 bridgehead atoms. The van der Waals surface area contributed by atoms with Gasteiger partial charge < -0.3 is 35.1 Å². The van der Waals surface area contributed by atoms with Gasteiger partial charge in [0.05, 0.1) is 5.82 Å². The summed E-state index contributed by atoms with van der Waals surface area (Å²) in [5.41, 5.74) is 2.52. The highest BCUT2D eigenvalue weighted by atomic mass is 32.2. The van der Waals surface area contributed by atoms with Crippen LogP contribution in [-0.4, -0.2) is 22.9 Å². The van der Waals surface area contributed by atoms with Crippen LogP contribution in [0.3, 0.4) is 0 Å². The number of nitrogens with zero attached hydrogens (tertiary/aromatic N) is 2. The van der Waals surface area contributed by atoms with Crippen LogP contribution in [0.4, 0.5) is 0 Å². The van der Waals surface area contributed by atoms with Gasteiger partial charge in [0.1, 0.15) is 0 Å². The predicted molar refractivity (Wildman–Crippen MR) is 64.9 cm³/mol. The Morgan fingerprint density at radius 2 is 1.36 bits per heavy atom. The van der Waals surface area contributed by atoms with Crippen molar-refractivity contribution in [3.63, 3.8) is 0 Å². The summed E-state index contributed by atoms with van der Waals surface area (Å²) < 4.78 is 0.560. The Morgan fingerprint density at radius 3 is 1.57 bits per heavy atom. The molecule has 2 nitrogen and oxygen atoms in total. The van der Waals surface area contributed by atoms with Crippen LogP contribution < -0.4 is 0 Å². The van der Waals surface area contributed by atoms with E-state index in [9.17, 15) is 0 Å². The van der Waals surface area contributed by atoms with Crippen LogP contribution in [0.15, 0.2) is 21.5 Å². The topological polar surface area (TPSA) is 6.48 Å². The lowest BCUT2D eigenvalue weighted by Crippen LogP contribution is -2.26. The third-order valence-electron chi connectivity index (χ3n) is 2.66. The molecule has 0 aromatic rings. The second kappa shape index (κ2) is 4.36. The molecule has 0 fully saturated rings. The third-order valence-corrected chi connectivity index (χ3v) is 3.02. The zero-order valence-electron chi connectivity index (χ0n) is 9.13. The molecule has 0 N–H and O–H groups in total. The van der Waals surface area contributed by atoms with Crippen molar-refractivity contribution >= 4 is 25.3 Å². The lowest BCUT2D eigenvalue weighted by molar-refractivity contribution is 0.357. The molecule has 1 heterocycles. The van der Waals surface area contributed by atoms with Gasteiger partial charge in [-0.25, -0.2) is 0 Å². The molecule has 0 unspecified atom stereocenters. The van der Waals surface area contributed by atoms with Gasteiger partial charge in [-0.2, -0.15) is 0 Å². The third kappa shape index (κ3) is 1.68. The van der Waals surface area contributed by atoms with Gasteiger partial charge in [0.25, 0.3) is 0 Å². The highest BCUT2D eigenvalue weighted by molar-refractivity contribution is 7.84. The first-order valence-corrected chi connectivity index (χ1v) is 5.67. The minimum Gasteiger partial charge on any atom is -0.804 e. The molecule has 0 amide bonds. The van der Waals surface area contributed by atoms with E-state index in [4.69, 9.17) is 25.3 Å². The van der Waals surface area contributed by atoms with Crippen LogP contribution in [-0.2, 0) is 25.3 Å². The van der Waals surface area contributed by atoms with Crippen LogP contribution >= 0.6 is 0 Å². The van der Waals surface area contributed by atoms with E-state index in [1.807, 2.05) is 0 Å². The van der Waals surface area contributed by atoms with Crippen molar-refractivity contribution in [1.82, 2.24) is 9.80 Å². The maximum absolute atomic E-state index is 5.12. The van der Waals surface area contributed by atoms with Crippen LogP contribution in [0.5, 0.6) is 0 Å². The molecule has 0 aliphatic carbocycles. The molecule has 0 aromatic carbocycles. The summed E-state index contributed by atoms with van der Waals surface area (Å²) >= 11 is 10.2. The first kappa shape index (κ1) is 11.6. The molecule has 0 saturated heterocycles. The van der Waals surface area contributed by atoms with E-state index in [0.717, 1.165) is 18.9 Å². The zero-order valence-corrected chi connectivity index (χ0v) is 10.8. The average molecular weight is 228 g/mol. The van der Waals surface area contributed by atoms with Crippen LogP contribution in [0.25, 0.3) is 0 Å². The first-order chi connectivity index (χ1) is 6.54. The molecule has 4 heteroatoms. The number of rotatable bonds is 2. The summed E-state index contributed by atoms with van der Waals surface area (Å²) in [4.78, 5) is 4.38. The van der Waals surface area contributed by atoms with Crippen molar-refractivity contribution in [1.29, 1.82) is 0 Å². The van der Waals surface area contributed by atoms with Crippen molar-refractivity contribution in [3.8, 4) is 0 Å². The van der Waals surface area contributed by atoms with Crippen molar-refractivity contribution in [2.75, 3.05) is 13.1 Å². The molecule has 1 aliphatic heterocycles. The zero-order chi connectivity index (χ0) is 10.9. The lowest BCUT2D eigenvalue weighted by atomic mass is 10.3. The van der Waals surface area contributed by atoms with Crippen molar-refractivity contribution in [2.45, 2.75) is 27.7 Å². The van der Waals surface area contributed by atoms with E-state index in [-0.39, 0.29) is 0 Å². The molecule has 0 saturated carbocycles. The summed E-state index contributed by atoms with van der Waals surface area (Å²) in [6.07, 6.45) is 0. The maximum Gasteiger partial charge on any atom is 0.0663 e. The Morgan fingerprint density at radius 1 is 1.00 bits per heavy atom. The van der Waals surface area contributed by atoms with E-state index in [0.29, 0.717) is 4.24 Å². The summed E-state index contributed by atoms with van der Waals surface area (Å²) in [7, 11) is 0.